The van der Waals surface area contributed by atoms with Crippen LogP contribution < -0.4 is 10.5 Å². The predicted molar refractivity (Wildman–Crippen MR) is 72.4 cm³/mol. The average Bonchev–Trinajstić information content (AvgIpc) is 2.39. The minimum atomic E-state index is -0.263. The molecule has 0 bridgehead atoms. The average molecular weight is 260 g/mol. The van der Waals surface area contributed by atoms with Crippen molar-refractivity contribution in [2.45, 2.75) is 13.5 Å². The third kappa shape index (κ3) is 2.69. The quantitative estimate of drug-likeness (QED) is 0.801. The number of nitrogens with one attached hydrogen (secondary N) is 1. The number of quaternary nitrogens is 1. The molecule has 1 fully saturated rings. The third-order valence-electron chi connectivity index (χ3n) is 3.63. The zero-order valence-electron chi connectivity index (χ0n) is 11.1. The Morgan fingerprint density at radius 1 is 1.21 bits per heavy atom. The fraction of sp³-hybridized carbons (Fsp3) is 0.400. The zero-order chi connectivity index (χ0) is 13.2. The van der Waals surface area contributed by atoms with E-state index in [1.54, 1.807) is 6.07 Å². The van der Waals surface area contributed by atoms with Gasteiger partial charge in [0.15, 0.2) is 0 Å². The molecule has 0 saturated carbocycles. The first kappa shape index (κ1) is 12.4. The van der Waals surface area contributed by atoms with Crippen molar-refractivity contribution in [2.75, 3.05) is 26.3 Å². The van der Waals surface area contributed by atoms with Crippen LogP contribution in [-0.4, -0.2) is 26.3 Å². The summed E-state index contributed by atoms with van der Waals surface area (Å²) in [5.41, 5.74) is 2.60. The van der Waals surface area contributed by atoms with Crippen LogP contribution in [-0.2, 0) is 11.3 Å². The summed E-state index contributed by atoms with van der Waals surface area (Å²) in [6.45, 7) is 6.44. The van der Waals surface area contributed by atoms with E-state index < -0.39 is 0 Å². The molecule has 0 amide bonds. The van der Waals surface area contributed by atoms with Crippen molar-refractivity contribution in [3.63, 3.8) is 0 Å². The smallest absolute Gasteiger partial charge is 0.336 e. The van der Waals surface area contributed by atoms with Gasteiger partial charge in [-0.25, -0.2) is 4.79 Å². The van der Waals surface area contributed by atoms with Gasteiger partial charge in [-0.2, -0.15) is 0 Å². The molecule has 0 aliphatic carbocycles. The van der Waals surface area contributed by atoms with E-state index in [1.807, 2.05) is 19.1 Å². The van der Waals surface area contributed by atoms with Crippen LogP contribution in [0.3, 0.4) is 0 Å². The Morgan fingerprint density at radius 3 is 2.79 bits per heavy atom. The van der Waals surface area contributed by atoms with E-state index in [4.69, 9.17) is 9.15 Å². The number of hydrogen-bond donors (Lipinski definition) is 1. The molecule has 1 aliphatic rings. The number of ether oxygens (including phenoxy) is 1. The summed E-state index contributed by atoms with van der Waals surface area (Å²) in [4.78, 5) is 13.1. The van der Waals surface area contributed by atoms with Gasteiger partial charge >= 0.3 is 5.63 Å². The molecule has 1 saturated heterocycles. The number of morpholine rings is 1. The standard InChI is InChI=1S/C15H17NO3/c1-11-2-3-13-12(9-15(17)19-14(13)8-11)10-16-4-6-18-7-5-16/h2-3,8-9H,4-7,10H2,1H3/p+1. The first-order chi connectivity index (χ1) is 9.22. The van der Waals surface area contributed by atoms with Gasteiger partial charge in [-0.1, -0.05) is 12.1 Å². The Morgan fingerprint density at radius 2 is 2.00 bits per heavy atom. The summed E-state index contributed by atoms with van der Waals surface area (Å²) in [6.07, 6.45) is 0. The van der Waals surface area contributed by atoms with E-state index in [0.717, 1.165) is 49.4 Å². The molecule has 19 heavy (non-hydrogen) atoms. The van der Waals surface area contributed by atoms with Crippen molar-refractivity contribution in [3.05, 3.63) is 45.8 Å². The lowest BCUT2D eigenvalue weighted by atomic mass is 10.1. The van der Waals surface area contributed by atoms with Gasteiger partial charge in [-0.05, 0) is 18.6 Å². The number of aryl methyl sites for hydroxylation is 1. The van der Waals surface area contributed by atoms with E-state index in [1.165, 1.54) is 4.90 Å². The molecule has 0 unspecified atom stereocenters. The van der Waals surface area contributed by atoms with Crippen molar-refractivity contribution in [1.29, 1.82) is 0 Å². The number of benzene rings is 1. The van der Waals surface area contributed by atoms with E-state index in [9.17, 15) is 4.79 Å². The highest BCUT2D eigenvalue weighted by molar-refractivity contribution is 5.80. The molecule has 2 aromatic rings. The van der Waals surface area contributed by atoms with E-state index in [-0.39, 0.29) is 5.63 Å². The lowest BCUT2D eigenvalue weighted by Crippen LogP contribution is -3.12. The van der Waals surface area contributed by atoms with Crippen LogP contribution in [0.5, 0.6) is 0 Å². The Kier molecular flexibility index (Phi) is 3.36. The second-order valence-corrected chi connectivity index (χ2v) is 5.13. The number of rotatable bonds is 2. The maximum Gasteiger partial charge on any atom is 0.336 e. The summed E-state index contributed by atoms with van der Waals surface area (Å²) >= 11 is 0. The highest BCUT2D eigenvalue weighted by Gasteiger charge is 2.16. The third-order valence-corrected chi connectivity index (χ3v) is 3.63. The fourth-order valence-corrected chi connectivity index (χ4v) is 2.59. The van der Waals surface area contributed by atoms with Gasteiger partial charge in [0.05, 0.1) is 13.2 Å². The second-order valence-electron chi connectivity index (χ2n) is 5.13. The molecule has 4 nitrogen and oxygen atoms in total. The normalized spacial score (nSPS) is 16.9. The molecule has 0 atom stereocenters. The minimum Gasteiger partial charge on any atom is -0.423 e. The fourth-order valence-electron chi connectivity index (χ4n) is 2.59. The van der Waals surface area contributed by atoms with Crippen LogP contribution in [0.1, 0.15) is 11.1 Å². The highest BCUT2D eigenvalue weighted by Crippen LogP contribution is 2.17. The van der Waals surface area contributed by atoms with Crippen LogP contribution in [0.25, 0.3) is 11.0 Å². The van der Waals surface area contributed by atoms with Crippen molar-refractivity contribution in [2.24, 2.45) is 0 Å². The SMILES string of the molecule is Cc1ccc2c(C[NH+]3CCOCC3)cc(=O)oc2c1. The van der Waals surface area contributed by atoms with Crippen LogP contribution in [0.15, 0.2) is 33.5 Å². The lowest BCUT2D eigenvalue weighted by Gasteiger charge is -2.24. The molecule has 3 rings (SSSR count). The minimum absolute atomic E-state index is 0.263. The monoisotopic (exact) mass is 260 g/mol. The molecule has 4 heteroatoms. The van der Waals surface area contributed by atoms with Gasteiger partial charge in [0, 0.05) is 17.0 Å². The van der Waals surface area contributed by atoms with Crippen LogP contribution in [0.4, 0.5) is 0 Å². The molecule has 0 spiro atoms. The van der Waals surface area contributed by atoms with Crippen molar-refractivity contribution >= 4 is 11.0 Å². The Bertz CT molecular complexity index is 641. The summed E-state index contributed by atoms with van der Waals surface area (Å²) in [6, 6.07) is 7.65. The van der Waals surface area contributed by atoms with E-state index in [2.05, 4.69) is 6.07 Å². The van der Waals surface area contributed by atoms with Crippen LogP contribution >= 0.6 is 0 Å². The second kappa shape index (κ2) is 5.15. The molecular formula is C15H18NO3+. The predicted octanol–water partition coefficient (Wildman–Crippen LogP) is 0.517. The molecule has 100 valence electrons. The van der Waals surface area contributed by atoms with Gasteiger partial charge in [0.2, 0.25) is 0 Å². The Balaban J connectivity index is 1.99. The lowest BCUT2D eigenvalue weighted by molar-refractivity contribution is -0.921. The Hall–Kier alpha value is -1.65. The van der Waals surface area contributed by atoms with Gasteiger partial charge in [-0.3, -0.25) is 0 Å². The zero-order valence-corrected chi connectivity index (χ0v) is 11.1. The van der Waals surface area contributed by atoms with Crippen LogP contribution in [0.2, 0.25) is 0 Å². The first-order valence-corrected chi connectivity index (χ1v) is 6.67. The summed E-state index contributed by atoms with van der Waals surface area (Å²) in [5.74, 6) is 0. The number of hydrogen-bond acceptors (Lipinski definition) is 3. The van der Waals surface area contributed by atoms with Gasteiger partial charge in [0.1, 0.15) is 25.2 Å². The first-order valence-electron chi connectivity index (χ1n) is 6.67. The van der Waals surface area contributed by atoms with E-state index in [0.29, 0.717) is 5.58 Å². The number of fused-ring (bicyclic) bond motifs is 1. The molecule has 2 heterocycles. The topological polar surface area (TPSA) is 43.9 Å². The molecular weight excluding hydrogens is 242 g/mol. The van der Waals surface area contributed by atoms with Crippen molar-refractivity contribution < 1.29 is 14.1 Å². The molecule has 1 aliphatic heterocycles. The molecule has 1 aromatic heterocycles. The molecule has 1 aromatic carbocycles. The molecule has 1 N–H and O–H groups in total. The summed E-state index contributed by atoms with van der Waals surface area (Å²) in [5, 5.41) is 1.05. The maximum absolute atomic E-state index is 11.7. The van der Waals surface area contributed by atoms with E-state index >= 15 is 0 Å². The van der Waals surface area contributed by atoms with Gasteiger partial charge in [-0.15, -0.1) is 0 Å². The van der Waals surface area contributed by atoms with Crippen LogP contribution in [0, 0.1) is 6.92 Å². The maximum atomic E-state index is 11.7. The highest BCUT2D eigenvalue weighted by atomic mass is 16.5. The van der Waals surface area contributed by atoms with Crippen molar-refractivity contribution in [3.8, 4) is 0 Å². The Labute approximate surface area is 111 Å². The molecule has 0 radical (unpaired) electrons. The largest absolute Gasteiger partial charge is 0.423 e. The van der Waals surface area contributed by atoms with Gasteiger partial charge < -0.3 is 14.1 Å². The summed E-state index contributed by atoms with van der Waals surface area (Å²) in [7, 11) is 0. The summed E-state index contributed by atoms with van der Waals surface area (Å²) < 4.78 is 10.6. The van der Waals surface area contributed by atoms with Gasteiger partial charge in [0.25, 0.3) is 0 Å². The van der Waals surface area contributed by atoms with Crippen molar-refractivity contribution in [1.82, 2.24) is 0 Å².